The lowest BCUT2D eigenvalue weighted by atomic mass is 10.1. The normalized spacial score (nSPS) is 14.6. The lowest BCUT2D eigenvalue weighted by molar-refractivity contribution is 0.0996. The molecule has 0 aliphatic carbocycles. The van der Waals surface area contributed by atoms with Crippen LogP contribution in [0.4, 0.5) is 5.82 Å². The Hall–Kier alpha value is -0.260. The smallest absolute Gasteiger partial charge is 0.140 e. The molecule has 0 saturated carbocycles. The number of hydrogen-bond acceptors (Lipinski definition) is 4. The summed E-state index contributed by atoms with van der Waals surface area (Å²) in [6.07, 6.45) is 3.78. The molecule has 0 aliphatic heterocycles. The second-order valence-electron chi connectivity index (χ2n) is 4.13. The molecule has 0 saturated heterocycles. The molecule has 0 fully saturated rings. The summed E-state index contributed by atoms with van der Waals surface area (Å²) in [5.74, 6) is 1.47. The van der Waals surface area contributed by atoms with Gasteiger partial charge in [0.05, 0.1) is 10.1 Å². The molecule has 0 aliphatic rings. The Balaban J connectivity index is 2.61. The molecule has 90 valence electrons. The first kappa shape index (κ1) is 13.8. The van der Waals surface area contributed by atoms with Crippen LogP contribution in [0.5, 0.6) is 0 Å². The van der Waals surface area contributed by atoms with E-state index < -0.39 is 5.60 Å². The number of aliphatic hydroxyl groups is 1. The van der Waals surface area contributed by atoms with Crippen molar-refractivity contribution in [3.05, 3.63) is 22.3 Å². The van der Waals surface area contributed by atoms with Crippen LogP contribution in [0.25, 0.3) is 0 Å². The number of nitrogens with zero attached hydrogens (tertiary/aromatic N) is 1. The minimum Gasteiger partial charge on any atom is -0.387 e. The fourth-order valence-corrected chi connectivity index (χ4v) is 2.63. The van der Waals surface area contributed by atoms with E-state index in [4.69, 9.17) is 0 Å². The summed E-state index contributed by atoms with van der Waals surface area (Å²) in [5.41, 5.74) is 0.388. The zero-order valence-corrected chi connectivity index (χ0v) is 12.2. The molecule has 0 spiro atoms. The SMILES string of the molecule is CSCC(C)(O)CNc1ncc(C)cc1Br. The maximum atomic E-state index is 9.99. The third-order valence-electron chi connectivity index (χ3n) is 2.07. The van der Waals surface area contributed by atoms with Crippen molar-refractivity contribution in [2.24, 2.45) is 0 Å². The van der Waals surface area contributed by atoms with Gasteiger partial charge in [-0.1, -0.05) is 0 Å². The number of halogens is 1. The fraction of sp³-hybridized carbons (Fsp3) is 0.545. The first-order valence-corrected chi connectivity index (χ1v) is 7.20. The number of rotatable bonds is 5. The molecular weight excluding hydrogens is 288 g/mol. The molecule has 5 heteroatoms. The van der Waals surface area contributed by atoms with Gasteiger partial charge in [-0.25, -0.2) is 4.98 Å². The minimum atomic E-state index is -0.717. The Labute approximate surface area is 109 Å². The van der Waals surface area contributed by atoms with Crippen molar-refractivity contribution < 1.29 is 5.11 Å². The van der Waals surface area contributed by atoms with Crippen LogP contribution in [0, 0.1) is 6.92 Å². The molecule has 16 heavy (non-hydrogen) atoms. The van der Waals surface area contributed by atoms with Crippen molar-refractivity contribution in [2.75, 3.05) is 23.9 Å². The molecule has 1 aromatic heterocycles. The standard InChI is InChI=1S/C11H17BrN2OS/c1-8-4-9(12)10(13-5-8)14-6-11(2,15)7-16-3/h4-5,15H,6-7H2,1-3H3,(H,13,14). The first-order valence-electron chi connectivity index (χ1n) is 5.02. The third kappa shape index (κ3) is 4.31. The monoisotopic (exact) mass is 304 g/mol. The largest absolute Gasteiger partial charge is 0.387 e. The van der Waals surface area contributed by atoms with Gasteiger partial charge in [0.2, 0.25) is 0 Å². The highest BCUT2D eigenvalue weighted by atomic mass is 79.9. The lowest BCUT2D eigenvalue weighted by Crippen LogP contribution is -2.36. The Bertz CT molecular complexity index is 358. The van der Waals surface area contributed by atoms with E-state index >= 15 is 0 Å². The molecule has 0 amide bonds. The molecule has 1 atom stereocenters. The van der Waals surface area contributed by atoms with Gasteiger partial charge in [0.25, 0.3) is 0 Å². The summed E-state index contributed by atoms with van der Waals surface area (Å²) in [6, 6.07) is 2.00. The highest BCUT2D eigenvalue weighted by Gasteiger charge is 2.19. The molecule has 3 nitrogen and oxygen atoms in total. The van der Waals surface area contributed by atoms with Crippen molar-refractivity contribution in [2.45, 2.75) is 19.4 Å². The van der Waals surface area contributed by atoms with Gasteiger partial charge in [0.1, 0.15) is 5.82 Å². The summed E-state index contributed by atoms with van der Waals surface area (Å²) in [6.45, 7) is 4.30. The Kier molecular flexibility index (Phi) is 5.08. The van der Waals surface area contributed by atoms with E-state index in [1.54, 1.807) is 18.0 Å². The van der Waals surface area contributed by atoms with Crippen molar-refractivity contribution in [1.82, 2.24) is 4.98 Å². The minimum absolute atomic E-state index is 0.489. The summed E-state index contributed by atoms with van der Waals surface area (Å²) in [5, 5.41) is 13.1. The molecule has 0 radical (unpaired) electrons. The molecule has 1 rings (SSSR count). The molecular formula is C11H17BrN2OS. The van der Waals surface area contributed by atoms with E-state index in [1.807, 2.05) is 26.2 Å². The number of anilines is 1. The zero-order chi connectivity index (χ0) is 12.2. The Morgan fingerprint density at radius 1 is 1.62 bits per heavy atom. The number of hydrogen-bond donors (Lipinski definition) is 2. The van der Waals surface area contributed by atoms with E-state index in [2.05, 4.69) is 26.2 Å². The lowest BCUT2D eigenvalue weighted by Gasteiger charge is -2.23. The number of pyridine rings is 1. The van der Waals surface area contributed by atoms with E-state index in [0.717, 1.165) is 15.9 Å². The number of aryl methyl sites for hydroxylation is 1. The maximum absolute atomic E-state index is 9.99. The fourth-order valence-electron chi connectivity index (χ4n) is 1.30. The molecule has 0 aromatic carbocycles. The van der Waals surface area contributed by atoms with Gasteiger partial charge in [-0.2, -0.15) is 11.8 Å². The molecule has 1 aromatic rings. The number of thioether (sulfide) groups is 1. The average Bonchev–Trinajstić information content (AvgIpc) is 2.16. The van der Waals surface area contributed by atoms with E-state index in [-0.39, 0.29) is 0 Å². The second-order valence-corrected chi connectivity index (χ2v) is 5.85. The quantitative estimate of drug-likeness (QED) is 0.878. The predicted molar refractivity (Wildman–Crippen MR) is 74.2 cm³/mol. The summed E-state index contributed by atoms with van der Waals surface area (Å²) in [7, 11) is 0. The number of nitrogens with one attached hydrogen (secondary N) is 1. The molecule has 2 N–H and O–H groups in total. The van der Waals surface area contributed by atoms with Crippen molar-refractivity contribution in [1.29, 1.82) is 0 Å². The summed E-state index contributed by atoms with van der Waals surface area (Å²) < 4.78 is 0.924. The van der Waals surface area contributed by atoms with E-state index in [1.165, 1.54) is 0 Å². The first-order chi connectivity index (χ1) is 7.44. The maximum Gasteiger partial charge on any atom is 0.140 e. The van der Waals surface area contributed by atoms with Gasteiger partial charge in [-0.15, -0.1) is 0 Å². The van der Waals surface area contributed by atoms with Gasteiger partial charge in [-0.3, -0.25) is 0 Å². The van der Waals surface area contributed by atoms with Gasteiger partial charge in [0, 0.05) is 18.5 Å². The summed E-state index contributed by atoms with van der Waals surface area (Å²) in [4.78, 5) is 4.27. The average molecular weight is 305 g/mol. The van der Waals surface area contributed by atoms with E-state index in [0.29, 0.717) is 12.3 Å². The van der Waals surface area contributed by atoms with Crippen LogP contribution in [0.3, 0.4) is 0 Å². The molecule has 1 heterocycles. The predicted octanol–water partition coefficient (Wildman–Crippen LogP) is 2.68. The van der Waals surface area contributed by atoms with Crippen molar-refractivity contribution >= 4 is 33.5 Å². The van der Waals surface area contributed by atoms with Crippen molar-refractivity contribution in [3.8, 4) is 0 Å². The van der Waals surface area contributed by atoms with Crippen LogP contribution < -0.4 is 5.32 Å². The third-order valence-corrected chi connectivity index (χ3v) is 3.58. The van der Waals surface area contributed by atoms with E-state index in [9.17, 15) is 5.11 Å². The Morgan fingerprint density at radius 2 is 2.31 bits per heavy atom. The molecule has 1 unspecified atom stereocenters. The van der Waals surface area contributed by atoms with Crippen LogP contribution in [-0.2, 0) is 0 Å². The van der Waals surface area contributed by atoms with Crippen LogP contribution >= 0.6 is 27.7 Å². The van der Waals surface area contributed by atoms with Gasteiger partial charge in [-0.05, 0) is 47.7 Å². The van der Waals surface area contributed by atoms with Gasteiger partial charge < -0.3 is 10.4 Å². The van der Waals surface area contributed by atoms with Crippen molar-refractivity contribution in [3.63, 3.8) is 0 Å². The van der Waals surface area contributed by atoms with Crippen LogP contribution in [-0.4, -0.2) is 34.2 Å². The second kappa shape index (κ2) is 5.89. The van der Waals surface area contributed by atoms with Crippen LogP contribution in [0.2, 0.25) is 0 Å². The highest BCUT2D eigenvalue weighted by molar-refractivity contribution is 9.10. The number of aromatic nitrogens is 1. The van der Waals surface area contributed by atoms with Crippen LogP contribution in [0.15, 0.2) is 16.7 Å². The van der Waals surface area contributed by atoms with Crippen LogP contribution in [0.1, 0.15) is 12.5 Å². The molecule has 0 bridgehead atoms. The van der Waals surface area contributed by atoms with Gasteiger partial charge >= 0.3 is 0 Å². The zero-order valence-electron chi connectivity index (χ0n) is 9.75. The topological polar surface area (TPSA) is 45.1 Å². The highest BCUT2D eigenvalue weighted by Crippen LogP contribution is 2.21. The van der Waals surface area contributed by atoms with Gasteiger partial charge in [0.15, 0.2) is 0 Å². The Morgan fingerprint density at radius 3 is 2.88 bits per heavy atom. The summed E-state index contributed by atoms with van der Waals surface area (Å²) >= 11 is 5.07.